The van der Waals surface area contributed by atoms with Gasteiger partial charge < -0.3 is 2.85 Å². The van der Waals surface area contributed by atoms with E-state index in [1.807, 2.05) is 0 Å². The third-order valence-corrected chi connectivity index (χ3v) is 0.0500. The molecule has 0 aliphatic carbocycles. The SMILES string of the molecule is N#CC#N.[Be+2].[Cu].[H-].[H-]. The largest absolute Gasteiger partial charge is 2.00 e. The fourth-order valence-corrected chi connectivity index (χ4v) is 0. The van der Waals surface area contributed by atoms with Gasteiger partial charge in [-0.15, -0.1) is 0 Å². The molecule has 0 N–H and O–H groups in total. The van der Waals surface area contributed by atoms with Gasteiger partial charge in [0.05, 0.1) is 0 Å². The molecule has 0 aliphatic rings. The van der Waals surface area contributed by atoms with Gasteiger partial charge in [0.15, 0.2) is 12.1 Å². The Kier molecular flexibility index (Phi) is 65.3. The van der Waals surface area contributed by atoms with Crippen molar-refractivity contribution < 1.29 is 19.9 Å². The fourth-order valence-electron chi connectivity index (χ4n) is 0. The van der Waals surface area contributed by atoms with Crippen LogP contribution in [0.3, 0.4) is 0 Å². The van der Waals surface area contributed by atoms with E-state index in [4.69, 9.17) is 10.5 Å². The van der Waals surface area contributed by atoms with Gasteiger partial charge >= 0.3 is 10.1 Å². The summed E-state index contributed by atoms with van der Waals surface area (Å²) in [7, 11) is 0. The monoisotopic (exact) mass is 126 g/mol. The Morgan fingerprint density at radius 1 is 1.17 bits per heavy atom. The third kappa shape index (κ3) is 58.5. The molecule has 0 heterocycles. The van der Waals surface area contributed by atoms with Crippen molar-refractivity contribution in [3.63, 3.8) is 0 Å². The van der Waals surface area contributed by atoms with Crippen LogP contribution in [-0.2, 0) is 17.1 Å². The van der Waals surface area contributed by atoms with E-state index < -0.39 is 0 Å². The molecular formula is C2H2BeCuN2. The zero-order valence-electron chi connectivity index (χ0n) is 4.90. The summed E-state index contributed by atoms with van der Waals surface area (Å²) in [5.41, 5.74) is 0. The van der Waals surface area contributed by atoms with Crippen LogP contribution in [0.2, 0.25) is 0 Å². The molecular weight excluding hydrogens is 125 g/mol. The molecule has 0 aromatic rings. The smallest absolute Gasteiger partial charge is 1.00 e. The minimum absolute atomic E-state index is 0. The van der Waals surface area contributed by atoms with Crippen LogP contribution in [0.1, 0.15) is 2.85 Å². The van der Waals surface area contributed by atoms with Crippen LogP contribution in [-0.4, -0.2) is 10.1 Å². The van der Waals surface area contributed by atoms with E-state index in [1.165, 1.54) is 12.1 Å². The zero-order chi connectivity index (χ0) is 3.41. The summed E-state index contributed by atoms with van der Waals surface area (Å²) < 4.78 is 0. The van der Waals surface area contributed by atoms with Crippen LogP contribution in [0, 0.1) is 22.7 Å². The molecule has 0 atom stereocenters. The maximum absolute atomic E-state index is 7.26. The summed E-state index contributed by atoms with van der Waals surface area (Å²) in [6.45, 7) is 0. The van der Waals surface area contributed by atoms with Gasteiger partial charge in [-0.3, -0.25) is 0 Å². The van der Waals surface area contributed by atoms with Gasteiger partial charge in [0, 0.05) is 17.1 Å². The minimum Gasteiger partial charge on any atom is -1.00 e. The van der Waals surface area contributed by atoms with E-state index in [2.05, 4.69) is 0 Å². The maximum atomic E-state index is 7.26. The fraction of sp³-hybridized carbons (Fsp3) is 0. The summed E-state index contributed by atoms with van der Waals surface area (Å²) in [5.74, 6) is 0. The van der Waals surface area contributed by atoms with Crippen LogP contribution in [0.5, 0.6) is 0 Å². The number of nitriles is 2. The van der Waals surface area contributed by atoms with Gasteiger partial charge in [-0.25, -0.2) is 0 Å². The van der Waals surface area contributed by atoms with Gasteiger partial charge in [0.1, 0.15) is 0 Å². The Hall–Kier alpha value is -0.332. The Labute approximate surface area is 53.4 Å². The topological polar surface area (TPSA) is 47.6 Å². The summed E-state index contributed by atoms with van der Waals surface area (Å²) in [5, 5.41) is 14.5. The molecule has 2 nitrogen and oxygen atoms in total. The maximum Gasteiger partial charge on any atom is 2.00 e. The normalized spacial score (nSPS) is 1.67. The first kappa shape index (κ1) is 17.4. The second kappa shape index (κ2) is 22.6. The first-order valence-corrected chi connectivity index (χ1v) is 0.697. The zero-order valence-corrected chi connectivity index (χ0v) is 3.84. The molecule has 0 aliphatic heterocycles. The minimum atomic E-state index is 0. The molecule has 0 bridgehead atoms. The first-order valence-electron chi connectivity index (χ1n) is 0.697. The Bertz CT molecular complexity index is 73.0. The molecule has 0 amide bonds. The van der Waals surface area contributed by atoms with Crippen LogP contribution in [0.25, 0.3) is 0 Å². The van der Waals surface area contributed by atoms with Crippen LogP contribution in [0.4, 0.5) is 0 Å². The molecule has 0 aromatic heterocycles. The van der Waals surface area contributed by atoms with Crippen LogP contribution in [0.15, 0.2) is 0 Å². The second-order valence-corrected chi connectivity index (χ2v) is 0.224. The van der Waals surface area contributed by atoms with Gasteiger partial charge in [-0.2, -0.15) is 10.5 Å². The van der Waals surface area contributed by atoms with E-state index in [1.54, 1.807) is 0 Å². The molecule has 0 rings (SSSR count). The number of hydrogen-bond donors (Lipinski definition) is 0. The van der Waals surface area contributed by atoms with Crippen molar-refractivity contribution in [2.45, 2.75) is 0 Å². The Balaban J connectivity index is -0.00000000750. The summed E-state index contributed by atoms with van der Waals surface area (Å²) in [4.78, 5) is 0. The first-order chi connectivity index (χ1) is 1.91. The average molecular weight is 127 g/mol. The molecule has 1 radical (unpaired) electrons. The van der Waals surface area contributed by atoms with Crippen molar-refractivity contribution in [1.82, 2.24) is 0 Å². The van der Waals surface area contributed by atoms with Crippen molar-refractivity contribution in [3.05, 3.63) is 0 Å². The molecule has 6 heavy (non-hydrogen) atoms. The average Bonchev–Trinajstić information content (AvgIpc) is 1.37. The molecule has 0 unspecified atom stereocenters. The van der Waals surface area contributed by atoms with Crippen LogP contribution >= 0.6 is 0 Å². The van der Waals surface area contributed by atoms with Gasteiger partial charge in [0.2, 0.25) is 0 Å². The number of nitrogens with zero attached hydrogens (tertiary/aromatic N) is 2. The predicted octanol–water partition coefficient (Wildman–Crippen LogP) is -0.125. The standard InChI is InChI=1S/C2N2.Be.Cu.2H/c3-1-2-4;;;;/q;+2;;2*-1. The number of rotatable bonds is 0. The second-order valence-electron chi connectivity index (χ2n) is 0.224. The summed E-state index contributed by atoms with van der Waals surface area (Å²) in [6.07, 6.45) is 0. The molecule has 0 saturated carbocycles. The number of hydrogen-bond acceptors (Lipinski definition) is 2. The van der Waals surface area contributed by atoms with Crippen LogP contribution < -0.4 is 0 Å². The van der Waals surface area contributed by atoms with Crippen molar-refractivity contribution >= 4 is 10.1 Å². The molecule has 4 heteroatoms. The predicted molar refractivity (Wildman–Crippen MR) is 19.2 cm³/mol. The van der Waals surface area contributed by atoms with Crippen molar-refractivity contribution in [1.29, 1.82) is 10.5 Å². The molecule has 0 fully saturated rings. The Morgan fingerprint density at radius 2 is 1.33 bits per heavy atom. The van der Waals surface area contributed by atoms with E-state index in [-0.39, 0.29) is 30.0 Å². The molecule has 0 saturated heterocycles. The van der Waals surface area contributed by atoms with Gasteiger partial charge in [-0.1, -0.05) is 0 Å². The van der Waals surface area contributed by atoms with Crippen molar-refractivity contribution in [3.8, 4) is 12.1 Å². The van der Waals surface area contributed by atoms with Gasteiger partial charge in [0.25, 0.3) is 0 Å². The van der Waals surface area contributed by atoms with E-state index >= 15 is 0 Å². The van der Waals surface area contributed by atoms with Crippen molar-refractivity contribution in [2.75, 3.05) is 0 Å². The quantitative estimate of drug-likeness (QED) is 0.425. The van der Waals surface area contributed by atoms with E-state index in [9.17, 15) is 0 Å². The molecule has 0 spiro atoms. The van der Waals surface area contributed by atoms with Crippen molar-refractivity contribution in [2.24, 2.45) is 0 Å². The summed E-state index contributed by atoms with van der Waals surface area (Å²) >= 11 is 0. The third-order valence-electron chi connectivity index (χ3n) is 0.0500. The Morgan fingerprint density at radius 3 is 1.33 bits per heavy atom. The summed E-state index contributed by atoms with van der Waals surface area (Å²) in [6, 6.07) is 2.47. The van der Waals surface area contributed by atoms with E-state index in [0.29, 0.717) is 0 Å². The van der Waals surface area contributed by atoms with E-state index in [0.717, 1.165) is 0 Å². The molecule has 0 aromatic carbocycles. The molecule has 33 valence electrons. The van der Waals surface area contributed by atoms with Gasteiger partial charge in [-0.05, 0) is 0 Å².